The van der Waals surface area contributed by atoms with E-state index in [1.807, 2.05) is 24.3 Å². The highest BCUT2D eigenvalue weighted by atomic mass is 16.5. The predicted octanol–water partition coefficient (Wildman–Crippen LogP) is 2.98. The van der Waals surface area contributed by atoms with E-state index in [0.29, 0.717) is 49.8 Å². The first-order chi connectivity index (χ1) is 16.3. The van der Waals surface area contributed by atoms with E-state index in [0.717, 1.165) is 11.3 Å². The van der Waals surface area contributed by atoms with Crippen LogP contribution in [0, 0.1) is 5.92 Å². The molecule has 1 aliphatic rings. The van der Waals surface area contributed by atoms with Crippen molar-refractivity contribution in [1.82, 2.24) is 15.1 Å². The Labute approximate surface area is 201 Å². The Morgan fingerprint density at radius 2 is 1.41 bits per heavy atom. The fourth-order valence-electron chi connectivity index (χ4n) is 4.09. The molecule has 1 heterocycles. The van der Waals surface area contributed by atoms with Gasteiger partial charge in [-0.25, -0.2) is 0 Å². The summed E-state index contributed by atoms with van der Waals surface area (Å²) >= 11 is 0. The Morgan fingerprint density at radius 3 is 1.91 bits per heavy atom. The van der Waals surface area contributed by atoms with Crippen molar-refractivity contribution in [2.75, 3.05) is 54.1 Å². The van der Waals surface area contributed by atoms with E-state index in [9.17, 15) is 9.59 Å². The lowest BCUT2D eigenvalue weighted by molar-refractivity contribution is -0.123. The summed E-state index contributed by atoms with van der Waals surface area (Å²) < 4.78 is 15.8. The number of rotatable bonds is 9. The zero-order valence-electron chi connectivity index (χ0n) is 20.7. The average molecular weight is 470 g/mol. The molecule has 2 amide bonds. The second-order valence-corrected chi connectivity index (χ2v) is 8.73. The van der Waals surface area contributed by atoms with Crippen LogP contribution in [0.1, 0.15) is 35.8 Å². The topological polar surface area (TPSA) is 80.3 Å². The zero-order chi connectivity index (χ0) is 24.7. The third kappa shape index (κ3) is 6.41. The number of benzene rings is 2. The molecular weight excluding hydrogens is 434 g/mol. The Bertz CT molecular complexity index is 947. The van der Waals surface area contributed by atoms with Gasteiger partial charge in [0.2, 0.25) is 5.91 Å². The van der Waals surface area contributed by atoms with Gasteiger partial charge in [-0.1, -0.05) is 26.0 Å². The average Bonchev–Trinajstić information content (AvgIpc) is 2.86. The van der Waals surface area contributed by atoms with Crippen LogP contribution in [0.5, 0.6) is 17.2 Å². The number of hydrogen-bond acceptors (Lipinski definition) is 6. The Hall–Kier alpha value is -3.26. The zero-order valence-corrected chi connectivity index (χ0v) is 20.7. The number of carbonyl (C=O) groups is 2. The highest BCUT2D eigenvalue weighted by Gasteiger charge is 2.25. The van der Waals surface area contributed by atoms with Crippen LogP contribution in [0.3, 0.4) is 0 Å². The molecule has 34 heavy (non-hydrogen) atoms. The summed E-state index contributed by atoms with van der Waals surface area (Å²) in [5, 5.41) is 3.17. The minimum atomic E-state index is -0.0793. The van der Waals surface area contributed by atoms with E-state index in [2.05, 4.69) is 24.1 Å². The lowest BCUT2D eigenvalue weighted by Gasteiger charge is -2.35. The number of methoxy groups -OCH3 is 3. The number of piperazine rings is 1. The summed E-state index contributed by atoms with van der Waals surface area (Å²) in [6.07, 6.45) is 0. The lowest BCUT2D eigenvalue weighted by Crippen LogP contribution is -2.51. The molecular formula is C26H35N3O5. The van der Waals surface area contributed by atoms with Crippen molar-refractivity contribution in [2.45, 2.75) is 19.9 Å². The number of ether oxygens (including phenoxy) is 3. The van der Waals surface area contributed by atoms with Crippen molar-refractivity contribution >= 4 is 11.8 Å². The van der Waals surface area contributed by atoms with Crippen LogP contribution in [0.25, 0.3) is 0 Å². The first kappa shape index (κ1) is 25.4. The summed E-state index contributed by atoms with van der Waals surface area (Å²) in [6.45, 7) is 6.86. The van der Waals surface area contributed by atoms with Gasteiger partial charge >= 0.3 is 0 Å². The van der Waals surface area contributed by atoms with Crippen molar-refractivity contribution in [3.63, 3.8) is 0 Å². The van der Waals surface area contributed by atoms with Gasteiger partial charge in [0.05, 0.1) is 33.9 Å². The van der Waals surface area contributed by atoms with Crippen molar-refractivity contribution in [1.29, 1.82) is 0 Å². The van der Waals surface area contributed by atoms with E-state index in [1.54, 1.807) is 44.4 Å². The molecule has 0 radical (unpaired) electrons. The van der Waals surface area contributed by atoms with Gasteiger partial charge in [0.1, 0.15) is 17.2 Å². The molecule has 8 nitrogen and oxygen atoms in total. The largest absolute Gasteiger partial charge is 0.497 e. The van der Waals surface area contributed by atoms with Crippen LogP contribution in [-0.4, -0.2) is 75.7 Å². The van der Waals surface area contributed by atoms with Gasteiger partial charge in [-0.15, -0.1) is 0 Å². The highest BCUT2D eigenvalue weighted by molar-refractivity contribution is 5.95. The van der Waals surface area contributed by atoms with Crippen molar-refractivity contribution in [3.8, 4) is 17.2 Å². The van der Waals surface area contributed by atoms with Gasteiger partial charge in [0.25, 0.3) is 5.91 Å². The number of hydrogen-bond donors (Lipinski definition) is 1. The summed E-state index contributed by atoms with van der Waals surface area (Å²) in [5.74, 6) is 2.10. The van der Waals surface area contributed by atoms with Gasteiger partial charge in [-0.3, -0.25) is 14.5 Å². The second-order valence-electron chi connectivity index (χ2n) is 8.73. The molecule has 2 aromatic carbocycles. The highest BCUT2D eigenvalue weighted by Crippen LogP contribution is 2.25. The Balaban J connectivity index is 1.54. The summed E-state index contributed by atoms with van der Waals surface area (Å²) in [7, 11) is 4.76. The molecule has 0 aliphatic carbocycles. The SMILES string of the molecule is COc1ccc(C(NC(=O)CN2CCN(C(=O)c3cc(OC)cc(OC)c3)CC2)C(C)C)cc1. The lowest BCUT2D eigenvalue weighted by atomic mass is 9.96. The Kier molecular flexibility index (Phi) is 8.76. The number of amides is 2. The molecule has 0 saturated carbocycles. The molecule has 1 atom stereocenters. The molecule has 184 valence electrons. The van der Waals surface area contributed by atoms with E-state index in [1.165, 1.54) is 0 Å². The number of nitrogens with zero attached hydrogens (tertiary/aromatic N) is 2. The molecule has 1 aliphatic heterocycles. The molecule has 1 saturated heterocycles. The van der Waals surface area contributed by atoms with Gasteiger partial charge in [-0.2, -0.15) is 0 Å². The van der Waals surface area contributed by atoms with Crippen LogP contribution in [-0.2, 0) is 4.79 Å². The molecule has 2 aromatic rings. The molecule has 0 bridgehead atoms. The van der Waals surface area contributed by atoms with Gasteiger partial charge < -0.3 is 24.4 Å². The van der Waals surface area contributed by atoms with Gasteiger partial charge in [0.15, 0.2) is 0 Å². The predicted molar refractivity (Wildman–Crippen MR) is 131 cm³/mol. The third-order valence-electron chi connectivity index (χ3n) is 6.08. The van der Waals surface area contributed by atoms with Crippen LogP contribution < -0.4 is 19.5 Å². The molecule has 1 unspecified atom stereocenters. The maximum atomic E-state index is 13.0. The molecule has 0 aromatic heterocycles. The minimum absolute atomic E-state index is 0.0215. The van der Waals surface area contributed by atoms with E-state index >= 15 is 0 Å². The minimum Gasteiger partial charge on any atom is -0.497 e. The first-order valence-electron chi connectivity index (χ1n) is 11.5. The molecule has 1 N–H and O–H groups in total. The molecule has 0 spiro atoms. The number of carbonyl (C=O) groups excluding carboxylic acids is 2. The quantitative estimate of drug-likeness (QED) is 0.608. The maximum absolute atomic E-state index is 13.0. The standard InChI is InChI=1S/C26H35N3O5/c1-18(2)25(19-6-8-21(32-3)9-7-19)27-24(30)17-28-10-12-29(13-11-28)26(31)20-14-22(33-4)16-23(15-20)34-5/h6-9,14-16,18,25H,10-13,17H2,1-5H3,(H,27,30). The van der Waals surface area contributed by atoms with E-state index in [4.69, 9.17) is 14.2 Å². The van der Waals surface area contributed by atoms with E-state index in [-0.39, 0.29) is 23.8 Å². The fourth-order valence-corrected chi connectivity index (χ4v) is 4.09. The molecule has 3 rings (SSSR count). The third-order valence-corrected chi connectivity index (χ3v) is 6.08. The molecule has 1 fully saturated rings. The van der Waals surface area contributed by atoms with Gasteiger partial charge in [-0.05, 0) is 35.7 Å². The second kappa shape index (κ2) is 11.7. The van der Waals surface area contributed by atoms with Crippen LogP contribution in [0.4, 0.5) is 0 Å². The first-order valence-corrected chi connectivity index (χ1v) is 11.5. The van der Waals surface area contributed by atoms with E-state index < -0.39 is 0 Å². The fraction of sp³-hybridized carbons (Fsp3) is 0.462. The summed E-state index contributed by atoms with van der Waals surface area (Å²) in [5.41, 5.74) is 1.58. The van der Waals surface area contributed by atoms with Crippen molar-refractivity contribution in [3.05, 3.63) is 53.6 Å². The Morgan fingerprint density at radius 1 is 0.853 bits per heavy atom. The van der Waals surface area contributed by atoms with Crippen molar-refractivity contribution < 1.29 is 23.8 Å². The smallest absolute Gasteiger partial charge is 0.254 e. The van der Waals surface area contributed by atoms with Crippen LogP contribution in [0.2, 0.25) is 0 Å². The number of nitrogens with one attached hydrogen (secondary N) is 1. The van der Waals surface area contributed by atoms with Crippen molar-refractivity contribution in [2.24, 2.45) is 5.92 Å². The summed E-state index contributed by atoms with van der Waals surface area (Å²) in [4.78, 5) is 29.7. The van der Waals surface area contributed by atoms with Gasteiger partial charge in [0, 0.05) is 37.8 Å². The normalized spacial score (nSPS) is 15.1. The van der Waals surface area contributed by atoms with Crippen LogP contribution >= 0.6 is 0 Å². The maximum Gasteiger partial charge on any atom is 0.254 e. The molecule has 8 heteroatoms. The monoisotopic (exact) mass is 469 g/mol. The van der Waals surface area contributed by atoms with Crippen LogP contribution in [0.15, 0.2) is 42.5 Å². The summed E-state index contributed by atoms with van der Waals surface area (Å²) in [6, 6.07) is 12.9.